The molecule has 0 saturated heterocycles. The van der Waals surface area contributed by atoms with E-state index >= 15 is 4.39 Å². The Balaban J connectivity index is 1.93. The summed E-state index contributed by atoms with van der Waals surface area (Å²) in [7, 11) is -4.40. The number of carboxylic acid groups (broad SMARTS) is 1. The summed E-state index contributed by atoms with van der Waals surface area (Å²) in [5, 5.41) is 8.96. The first kappa shape index (κ1) is 34.5. The van der Waals surface area contributed by atoms with Crippen LogP contribution in [-0.4, -0.2) is 52.5 Å². The third kappa shape index (κ3) is 9.52. The summed E-state index contributed by atoms with van der Waals surface area (Å²) in [6.07, 6.45) is 12.8. The number of carboxylic acids is 1. The topological polar surface area (TPSA) is 118 Å². The third-order valence-electron chi connectivity index (χ3n) is 7.54. The molecule has 1 unspecified atom stereocenters. The van der Waals surface area contributed by atoms with Gasteiger partial charge < -0.3 is 9.66 Å². The van der Waals surface area contributed by atoms with E-state index < -0.39 is 38.9 Å². The number of carbonyl (C=O) groups is 2. The van der Waals surface area contributed by atoms with Crippen molar-refractivity contribution >= 4 is 39.1 Å². The van der Waals surface area contributed by atoms with Crippen LogP contribution in [0.5, 0.6) is 0 Å². The molecule has 236 valence electrons. The molecule has 1 atom stereocenters. The molecule has 44 heavy (non-hydrogen) atoms. The maximum atomic E-state index is 15.3. The Kier molecular flexibility index (Phi) is 12.3. The van der Waals surface area contributed by atoms with Gasteiger partial charge in [-0.05, 0) is 56.9 Å². The number of unbranched alkanes of at least 4 members (excludes halogenated alkanes) is 3. The third-order valence-corrected chi connectivity index (χ3v) is 8.33. The number of carbonyl (C=O) groups excluding carboxylic acids is 1. The van der Waals surface area contributed by atoms with Crippen molar-refractivity contribution in [1.29, 1.82) is 0 Å². The highest BCUT2D eigenvalue weighted by molar-refractivity contribution is 7.85. The van der Waals surface area contributed by atoms with Crippen molar-refractivity contribution in [2.24, 2.45) is 0 Å². The monoisotopic (exact) mass is 628 g/mol. The Bertz CT molecular complexity index is 1570. The zero-order valence-corrected chi connectivity index (χ0v) is 25.7. The average molecular weight is 629 g/mol. The van der Waals surface area contributed by atoms with Gasteiger partial charge in [0.25, 0.3) is 0 Å². The molecule has 2 aromatic rings. The molecule has 3 rings (SSSR count). The van der Waals surface area contributed by atoms with Crippen molar-refractivity contribution in [3.63, 3.8) is 0 Å². The number of benzene rings is 2. The fourth-order valence-electron chi connectivity index (χ4n) is 5.44. The number of aliphatic carboxylic acids is 1. The highest BCUT2D eigenvalue weighted by atomic mass is 32.2. The molecule has 1 N–H and O–H groups in total. The predicted molar refractivity (Wildman–Crippen MR) is 165 cm³/mol. The molecule has 1 aliphatic heterocycles. The van der Waals surface area contributed by atoms with E-state index in [0.717, 1.165) is 6.07 Å². The number of nitrogens with zero attached hydrogens (tertiary/aromatic N) is 2. The first-order chi connectivity index (χ1) is 20.8. The van der Waals surface area contributed by atoms with E-state index in [2.05, 4.69) is 0 Å². The molecule has 0 aromatic heterocycles. The van der Waals surface area contributed by atoms with Crippen LogP contribution in [0.4, 0.5) is 20.2 Å². The van der Waals surface area contributed by atoms with Crippen molar-refractivity contribution in [2.45, 2.75) is 64.2 Å². The summed E-state index contributed by atoms with van der Waals surface area (Å²) in [5.74, 6) is -3.05. The minimum Gasteiger partial charge on any atom is -0.748 e. The quantitative estimate of drug-likeness (QED) is 0.100. The Hall–Kier alpha value is -3.96. The summed E-state index contributed by atoms with van der Waals surface area (Å²) >= 11 is 0. The normalized spacial score (nSPS) is 16.8. The zero-order valence-electron chi connectivity index (χ0n) is 24.9. The molecule has 11 heteroatoms. The second kappa shape index (κ2) is 15.7. The lowest BCUT2D eigenvalue weighted by Crippen LogP contribution is -2.31. The molecule has 1 heterocycles. The number of hydrogen-bond donors (Lipinski definition) is 1. The molecule has 0 spiro atoms. The smallest absolute Gasteiger partial charge is 0.303 e. The number of rotatable bonds is 16. The van der Waals surface area contributed by atoms with Gasteiger partial charge in [0.2, 0.25) is 11.6 Å². The first-order valence-corrected chi connectivity index (χ1v) is 16.1. The van der Waals surface area contributed by atoms with Crippen molar-refractivity contribution in [3.8, 4) is 0 Å². The average Bonchev–Trinajstić information content (AvgIpc) is 3.17. The van der Waals surface area contributed by atoms with Gasteiger partial charge in [0.15, 0.2) is 11.5 Å². The van der Waals surface area contributed by atoms with Gasteiger partial charge in [-0.2, -0.15) is 8.97 Å². The fraction of sp³-hybridized carbons (Fsp3) is 0.364. The fourth-order valence-corrected chi connectivity index (χ4v) is 6.00. The van der Waals surface area contributed by atoms with Crippen molar-refractivity contribution in [3.05, 3.63) is 96.2 Å². The van der Waals surface area contributed by atoms with E-state index in [4.69, 9.17) is 5.11 Å². The molecule has 0 radical (unpaired) electrons. The number of fused-ring (bicyclic) bond motifs is 1. The molecule has 8 nitrogen and oxygen atoms in total. The van der Waals surface area contributed by atoms with Crippen molar-refractivity contribution in [2.75, 3.05) is 17.2 Å². The Labute approximate surface area is 257 Å². The van der Waals surface area contributed by atoms with Crippen LogP contribution >= 0.6 is 0 Å². The minimum atomic E-state index is -4.40. The molecule has 1 aliphatic rings. The Morgan fingerprint density at radius 3 is 2.36 bits per heavy atom. The van der Waals surface area contributed by atoms with Gasteiger partial charge >= 0.3 is 5.97 Å². The number of halogens is 2. The van der Waals surface area contributed by atoms with Crippen LogP contribution in [0.2, 0.25) is 0 Å². The van der Waals surface area contributed by atoms with Crippen LogP contribution in [0.15, 0.2) is 79.0 Å². The number of amides is 1. The molecule has 2 aromatic carbocycles. The highest BCUT2D eigenvalue weighted by Crippen LogP contribution is 2.45. The van der Waals surface area contributed by atoms with Gasteiger partial charge in [0.05, 0.1) is 15.5 Å². The van der Waals surface area contributed by atoms with Crippen molar-refractivity contribution < 1.29 is 41.0 Å². The Morgan fingerprint density at radius 1 is 1.00 bits per heavy atom. The standard InChI is InChI=1S/C33H38F2N2O6S/c1-25(38)36(27-15-7-5-8-16-27)20-12-4-3-9-17-30-33(2,19-11-14-22-44(41,42)43)28-23-26(34)24-29(35)32(28)37(30)21-13-6-10-18-31(39)40/h3-5,7-9,12,15-17,20,23-24H,6,10-11,13-14,18-19,21-22H2,1-2H3,(H-,39,40,41,42,43). The molecule has 0 aliphatic carbocycles. The predicted octanol–water partition coefficient (Wildman–Crippen LogP) is 6.36. The van der Waals surface area contributed by atoms with Gasteiger partial charge in [-0.1, -0.05) is 42.8 Å². The zero-order chi connectivity index (χ0) is 32.3. The number of allylic oxidation sites excluding steroid dienone is 5. The van der Waals surface area contributed by atoms with E-state index in [1.54, 1.807) is 41.2 Å². The largest absolute Gasteiger partial charge is 0.748 e. The summed E-state index contributed by atoms with van der Waals surface area (Å²) in [5.41, 5.74) is 1.14. The van der Waals surface area contributed by atoms with Gasteiger partial charge in [-0.3, -0.25) is 14.5 Å². The lowest BCUT2D eigenvalue weighted by molar-refractivity contribution is -0.440. The van der Waals surface area contributed by atoms with Crippen LogP contribution < -0.4 is 4.90 Å². The van der Waals surface area contributed by atoms with Gasteiger partial charge in [-0.15, -0.1) is 0 Å². The second-order valence-corrected chi connectivity index (χ2v) is 12.4. The van der Waals surface area contributed by atoms with Gasteiger partial charge in [0.1, 0.15) is 12.4 Å². The van der Waals surface area contributed by atoms with E-state index in [1.807, 2.05) is 37.3 Å². The number of anilines is 1. The van der Waals surface area contributed by atoms with E-state index in [-0.39, 0.29) is 24.4 Å². The maximum absolute atomic E-state index is 15.3. The van der Waals surface area contributed by atoms with Crippen LogP contribution in [0, 0.1) is 11.6 Å². The summed E-state index contributed by atoms with van der Waals surface area (Å²) in [6, 6.07) is 11.3. The second-order valence-electron chi connectivity index (χ2n) is 10.9. The molecular formula is C33H38F2N2O6S. The molecule has 0 bridgehead atoms. The van der Waals surface area contributed by atoms with Crippen LogP contribution in [0.1, 0.15) is 64.4 Å². The lowest BCUT2D eigenvalue weighted by atomic mass is 9.75. The van der Waals surface area contributed by atoms with Gasteiger partial charge in [-0.25, -0.2) is 12.8 Å². The molecular weight excluding hydrogens is 590 g/mol. The van der Waals surface area contributed by atoms with E-state index in [9.17, 15) is 27.0 Å². The number of hydrogen-bond acceptors (Lipinski definition) is 5. The Morgan fingerprint density at radius 2 is 1.70 bits per heavy atom. The minimum absolute atomic E-state index is 0.0244. The first-order valence-electron chi connectivity index (χ1n) is 14.5. The van der Waals surface area contributed by atoms with Crippen molar-refractivity contribution in [1.82, 2.24) is 0 Å². The van der Waals surface area contributed by atoms with Crippen LogP contribution in [0.3, 0.4) is 0 Å². The SMILES string of the molecule is CC(=O)N(/C=C/C=C/C=C/C1=[N+](CCCCCC(=O)O)c2c(F)cc(F)cc2C1(C)CCCCS(=O)(=O)[O-])c1ccccc1. The summed E-state index contributed by atoms with van der Waals surface area (Å²) < 4.78 is 65.1. The van der Waals surface area contributed by atoms with E-state index in [0.29, 0.717) is 55.6 Å². The molecule has 0 fully saturated rings. The molecule has 0 saturated carbocycles. The highest BCUT2D eigenvalue weighted by Gasteiger charge is 2.49. The van der Waals surface area contributed by atoms with Crippen LogP contribution in [-0.2, 0) is 25.1 Å². The van der Waals surface area contributed by atoms with E-state index in [1.165, 1.54) is 17.9 Å². The summed E-state index contributed by atoms with van der Waals surface area (Å²) in [6.45, 7) is 3.66. The number of para-hydroxylation sites is 1. The lowest BCUT2D eigenvalue weighted by Gasteiger charge is -2.22. The van der Waals surface area contributed by atoms with Crippen LogP contribution in [0.25, 0.3) is 0 Å². The summed E-state index contributed by atoms with van der Waals surface area (Å²) in [4.78, 5) is 24.5. The maximum Gasteiger partial charge on any atom is 0.303 e. The molecule has 1 amide bonds. The van der Waals surface area contributed by atoms with Gasteiger partial charge in [0, 0.05) is 55.1 Å².